The van der Waals surface area contributed by atoms with Crippen molar-refractivity contribution in [2.24, 2.45) is 0 Å². The first-order valence-corrected chi connectivity index (χ1v) is 11.3. The first-order chi connectivity index (χ1) is 14.9. The first-order valence-electron chi connectivity index (χ1n) is 10.2. The number of anilines is 1. The molecular weight excluding hydrogens is 422 g/mol. The average molecular weight is 448 g/mol. The standard InChI is InChI=1S/C21H25N3O6S/c1-21(2)8-12(4-5-30-21)24-19-16(20(26)23-24)18(31-9-15(25)22-19)11-6-13(27-3)17-14(7-11)28-10-29-17/h6-7,12,18H,4-5,8-10H2,1-3H3,(H,22,25)(H,23,26)/t12-,18+/m0/s1. The molecule has 3 aliphatic heterocycles. The van der Waals surface area contributed by atoms with Crippen molar-refractivity contribution in [1.29, 1.82) is 0 Å². The lowest BCUT2D eigenvalue weighted by molar-refractivity contribution is -0.113. The second-order valence-corrected chi connectivity index (χ2v) is 9.62. The zero-order valence-corrected chi connectivity index (χ0v) is 18.5. The van der Waals surface area contributed by atoms with Gasteiger partial charge in [0.25, 0.3) is 5.56 Å². The molecule has 0 unspecified atom stereocenters. The Kier molecular flexibility index (Phi) is 4.93. The average Bonchev–Trinajstić information content (AvgIpc) is 3.27. The van der Waals surface area contributed by atoms with Gasteiger partial charge in [-0.2, -0.15) is 0 Å². The Morgan fingerprint density at radius 3 is 2.87 bits per heavy atom. The van der Waals surface area contributed by atoms with Crippen molar-refractivity contribution >= 4 is 23.5 Å². The number of carbonyl (C=O) groups excluding carboxylic acids is 1. The van der Waals surface area contributed by atoms with Crippen molar-refractivity contribution in [2.75, 3.05) is 31.6 Å². The molecular formula is C21H25N3O6S. The third-order valence-corrected chi connectivity index (χ3v) is 7.15. The van der Waals surface area contributed by atoms with Gasteiger partial charge in [0.05, 0.1) is 35.3 Å². The van der Waals surface area contributed by atoms with Crippen molar-refractivity contribution in [3.63, 3.8) is 0 Å². The van der Waals surface area contributed by atoms with E-state index in [1.807, 2.05) is 30.7 Å². The molecule has 31 heavy (non-hydrogen) atoms. The minimum Gasteiger partial charge on any atom is -0.493 e. The van der Waals surface area contributed by atoms with Crippen LogP contribution in [0.3, 0.4) is 0 Å². The molecule has 2 aromatic rings. The van der Waals surface area contributed by atoms with Crippen molar-refractivity contribution in [3.05, 3.63) is 33.6 Å². The number of fused-ring (bicyclic) bond motifs is 2. The number of nitrogens with one attached hydrogen (secondary N) is 2. The fourth-order valence-electron chi connectivity index (χ4n) is 4.50. The molecule has 5 rings (SSSR count). The van der Waals surface area contributed by atoms with E-state index in [-0.39, 0.29) is 40.9 Å². The largest absolute Gasteiger partial charge is 0.493 e. The molecule has 9 nitrogen and oxygen atoms in total. The van der Waals surface area contributed by atoms with Gasteiger partial charge in [-0.1, -0.05) is 0 Å². The Bertz CT molecular complexity index is 1090. The second-order valence-electron chi connectivity index (χ2n) is 8.52. The van der Waals surface area contributed by atoms with Gasteiger partial charge in [0.1, 0.15) is 5.82 Å². The van der Waals surface area contributed by atoms with Crippen LogP contribution in [0.25, 0.3) is 0 Å². The van der Waals surface area contributed by atoms with Crippen LogP contribution in [0, 0.1) is 0 Å². The number of hydrogen-bond donors (Lipinski definition) is 2. The summed E-state index contributed by atoms with van der Waals surface area (Å²) < 4.78 is 24.2. The molecule has 1 saturated heterocycles. The number of rotatable bonds is 3. The maximum atomic E-state index is 13.2. The van der Waals surface area contributed by atoms with Crippen LogP contribution in [0.5, 0.6) is 17.2 Å². The third-order valence-electron chi connectivity index (χ3n) is 5.88. The fraction of sp³-hybridized carbons (Fsp3) is 0.524. The topological polar surface area (TPSA) is 104 Å². The third kappa shape index (κ3) is 3.57. The number of H-pyrrole nitrogens is 1. The molecule has 1 fully saturated rings. The van der Waals surface area contributed by atoms with Crippen LogP contribution in [-0.4, -0.2) is 47.6 Å². The summed E-state index contributed by atoms with van der Waals surface area (Å²) in [6, 6.07) is 3.73. The highest BCUT2D eigenvalue weighted by Crippen LogP contribution is 2.48. The summed E-state index contributed by atoms with van der Waals surface area (Å²) >= 11 is 1.40. The van der Waals surface area contributed by atoms with E-state index in [1.54, 1.807) is 7.11 Å². The smallest absolute Gasteiger partial charge is 0.270 e. The van der Waals surface area contributed by atoms with E-state index >= 15 is 0 Å². The maximum absolute atomic E-state index is 13.2. The summed E-state index contributed by atoms with van der Waals surface area (Å²) in [5.41, 5.74) is 0.834. The summed E-state index contributed by atoms with van der Waals surface area (Å²) in [5, 5.41) is 5.58. The lowest BCUT2D eigenvalue weighted by atomic mass is 9.94. The minimum atomic E-state index is -0.366. The summed E-state index contributed by atoms with van der Waals surface area (Å²) in [4.78, 5) is 25.7. The Labute approximate surface area is 183 Å². The van der Waals surface area contributed by atoms with E-state index in [9.17, 15) is 9.59 Å². The number of thioether (sulfide) groups is 1. The van der Waals surface area contributed by atoms with Crippen LogP contribution >= 0.6 is 11.8 Å². The Balaban J connectivity index is 1.61. The SMILES string of the molecule is COc1cc([C@H]2SCC(=O)Nc3c2c(=O)[nH]n3[C@H]2CCOC(C)(C)C2)cc2c1OCO2. The van der Waals surface area contributed by atoms with Gasteiger partial charge in [-0.15, -0.1) is 11.8 Å². The molecule has 3 aliphatic rings. The molecule has 1 aromatic carbocycles. The fourth-order valence-corrected chi connectivity index (χ4v) is 5.61. The number of amides is 1. The number of nitrogens with zero attached hydrogens (tertiary/aromatic N) is 1. The number of hydrogen-bond acceptors (Lipinski definition) is 7. The van der Waals surface area contributed by atoms with Crippen LogP contribution in [0.2, 0.25) is 0 Å². The molecule has 166 valence electrons. The molecule has 0 saturated carbocycles. The van der Waals surface area contributed by atoms with Crippen LogP contribution in [0.4, 0.5) is 5.82 Å². The first kappa shape index (κ1) is 20.3. The molecule has 10 heteroatoms. The van der Waals surface area contributed by atoms with Gasteiger partial charge in [0, 0.05) is 6.61 Å². The molecule has 0 aliphatic carbocycles. The number of aromatic nitrogens is 2. The van der Waals surface area contributed by atoms with Crippen LogP contribution in [0.1, 0.15) is 49.1 Å². The summed E-state index contributed by atoms with van der Waals surface area (Å²) in [6.07, 6.45) is 1.49. The zero-order chi connectivity index (χ0) is 21.8. The summed E-state index contributed by atoms with van der Waals surface area (Å²) in [5.74, 6) is 2.29. The predicted octanol–water partition coefficient (Wildman–Crippen LogP) is 2.82. The highest BCUT2D eigenvalue weighted by molar-refractivity contribution is 8.00. The van der Waals surface area contributed by atoms with Gasteiger partial charge in [0.2, 0.25) is 18.4 Å². The highest BCUT2D eigenvalue weighted by atomic mass is 32.2. The lowest BCUT2D eigenvalue weighted by Crippen LogP contribution is -2.36. The van der Waals surface area contributed by atoms with E-state index in [4.69, 9.17) is 18.9 Å². The van der Waals surface area contributed by atoms with E-state index < -0.39 is 0 Å². The van der Waals surface area contributed by atoms with Crippen LogP contribution < -0.4 is 25.1 Å². The van der Waals surface area contributed by atoms with E-state index in [2.05, 4.69) is 10.4 Å². The van der Waals surface area contributed by atoms with Gasteiger partial charge in [-0.3, -0.25) is 19.4 Å². The second kappa shape index (κ2) is 7.52. The van der Waals surface area contributed by atoms with Gasteiger partial charge in [0.15, 0.2) is 11.5 Å². The Hall–Kier alpha value is -2.59. The molecule has 2 atom stereocenters. The van der Waals surface area contributed by atoms with Gasteiger partial charge in [-0.25, -0.2) is 0 Å². The van der Waals surface area contributed by atoms with Gasteiger partial charge >= 0.3 is 0 Å². The molecule has 1 amide bonds. The molecule has 4 heterocycles. The van der Waals surface area contributed by atoms with E-state index in [1.165, 1.54) is 11.8 Å². The minimum absolute atomic E-state index is 0.0236. The van der Waals surface area contributed by atoms with Gasteiger partial charge < -0.3 is 24.3 Å². The molecule has 0 spiro atoms. The predicted molar refractivity (Wildman–Crippen MR) is 115 cm³/mol. The van der Waals surface area contributed by atoms with Gasteiger partial charge in [-0.05, 0) is 44.4 Å². The zero-order valence-electron chi connectivity index (χ0n) is 17.6. The number of carbonyl (C=O) groups is 1. The summed E-state index contributed by atoms with van der Waals surface area (Å²) in [6.45, 7) is 4.79. The number of ether oxygens (including phenoxy) is 4. The number of benzene rings is 1. The highest BCUT2D eigenvalue weighted by Gasteiger charge is 2.36. The Morgan fingerprint density at radius 2 is 2.10 bits per heavy atom. The van der Waals surface area contributed by atoms with Crippen molar-refractivity contribution in [1.82, 2.24) is 9.78 Å². The monoisotopic (exact) mass is 447 g/mol. The molecule has 0 radical (unpaired) electrons. The number of methoxy groups -OCH3 is 1. The molecule has 0 bridgehead atoms. The van der Waals surface area contributed by atoms with Crippen molar-refractivity contribution in [3.8, 4) is 17.2 Å². The molecule has 2 N–H and O–H groups in total. The van der Waals surface area contributed by atoms with Crippen molar-refractivity contribution in [2.45, 2.75) is 43.6 Å². The van der Waals surface area contributed by atoms with E-state index in [0.29, 0.717) is 35.2 Å². The van der Waals surface area contributed by atoms with E-state index in [0.717, 1.165) is 18.4 Å². The maximum Gasteiger partial charge on any atom is 0.270 e. The quantitative estimate of drug-likeness (QED) is 0.746. The normalized spacial score (nSPS) is 24.3. The molecule has 1 aromatic heterocycles. The van der Waals surface area contributed by atoms with Crippen LogP contribution in [0.15, 0.2) is 16.9 Å². The summed E-state index contributed by atoms with van der Waals surface area (Å²) in [7, 11) is 1.56. The Morgan fingerprint density at radius 1 is 1.26 bits per heavy atom. The number of aromatic amines is 1. The van der Waals surface area contributed by atoms with Crippen molar-refractivity contribution < 1.29 is 23.7 Å². The lowest BCUT2D eigenvalue weighted by Gasteiger charge is -2.36. The van der Waals surface area contributed by atoms with Crippen LogP contribution in [-0.2, 0) is 9.53 Å².